The Kier molecular flexibility index (Phi) is 5.03. The highest BCUT2D eigenvalue weighted by atomic mass is 16.4. The molecule has 0 radical (unpaired) electrons. The van der Waals surface area contributed by atoms with Crippen molar-refractivity contribution in [1.29, 1.82) is 0 Å². The van der Waals surface area contributed by atoms with Crippen molar-refractivity contribution in [3.8, 4) is 11.3 Å². The van der Waals surface area contributed by atoms with Crippen LogP contribution >= 0.6 is 0 Å². The van der Waals surface area contributed by atoms with Crippen LogP contribution in [0.1, 0.15) is 17.5 Å². The molecule has 5 nitrogen and oxygen atoms in total. The number of rotatable bonds is 6. The van der Waals surface area contributed by atoms with E-state index < -0.39 is 5.97 Å². The Morgan fingerprint density at radius 3 is 2.41 bits per heavy atom. The minimum atomic E-state index is -0.694. The zero-order valence-electron chi connectivity index (χ0n) is 15.2. The SMILES string of the molecule is O=C(O)C1CCN(Cc2cn(Cc3ccccc3)nc2-c2ccccc2)C1. The molecule has 0 saturated carbocycles. The van der Waals surface area contributed by atoms with Crippen molar-refractivity contribution in [3.05, 3.63) is 78.0 Å². The Hall–Kier alpha value is -2.92. The molecule has 0 bridgehead atoms. The first-order valence-corrected chi connectivity index (χ1v) is 9.30. The van der Waals surface area contributed by atoms with Gasteiger partial charge in [0.2, 0.25) is 0 Å². The first kappa shape index (κ1) is 17.5. The van der Waals surface area contributed by atoms with Crippen molar-refractivity contribution in [2.75, 3.05) is 13.1 Å². The van der Waals surface area contributed by atoms with Crippen LogP contribution in [0.4, 0.5) is 0 Å². The number of carboxylic acids is 1. The Labute approximate surface area is 158 Å². The minimum absolute atomic E-state index is 0.260. The molecule has 1 saturated heterocycles. The molecule has 1 atom stereocenters. The fraction of sp³-hybridized carbons (Fsp3) is 0.273. The standard InChI is InChI=1S/C22H23N3O2/c26-22(27)19-11-12-24(14-19)15-20-16-25(13-17-7-3-1-4-8-17)23-21(20)18-9-5-2-6-10-18/h1-10,16,19H,11-15H2,(H,26,27). The van der Waals surface area contributed by atoms with E-state index in [1.165, 1.54) is 5.56 Å². The third kappa shape index (κ3) is 4.09. The fourth-order valence-electron chi connectivity index (χ4n) is 3.69. The van der Waals surface area contributed by atoms with E-state index in [4.69, 9.17) is 5.10 Å². The van der Waals surface area contributed by atoms with Crippen LogP contribution in [0.5, 0.6) is 0 Å². The van der Waals surface area contributed by atoms with Gasteiger partial charge in [0.1, 0.15) is 0 Å². The number of aromatic nitrogens is 2. The molecule has 0 spiro atoms. The lowest BCUT2D eigenvalue weighted by Crippen LogP contribution is -2.22. The van der Waals surface area contributed by atoms with Crippen LogP contribution in [0, 0.1) is 5.92 Å². The van der Waals surface area contributed by atoms with Crippen LogP contribution in [-0.2, 0) is 17.9 Å². The number of nitrogens with zero attached hydrogens (tertiary/aromatic N) is 3. The molecule has 0 amide bonds. The van der Waals surface area contributed by atoms with E-state index in [2.05, 4.69) is 35.4 Å². The highest BCUT2D eigenvalue weighted by Gasteiger charge is 2.28. The average Bonchev–Trinajstić information content (AvgIpc) is 3.31. The molecule has 0 aliphatic carbocycles. The van der Waals surface area contributed by atoms with Gasteiger partial charge in [0.25, 0.3) is 0 Å². The number of hydrogen-bond donors (Lipinski definition) is 1. The molecule has 5 heteroatoms. The van der Waals surface area contributed by atoms with Crippen molar-refractivity contribution in [2.45, 2.75) is 19.5 Å². The van der Waals surface area contributed by atoms with Crippen LogP contribution in [0.2, 0.25) is 0 Å². The number of carboxylic acid groups (broad SMARTS) is 1. The van der Waals surface area contributed by atoms with E-state index in [-0.39, 0.29) is 5.92 Å². The normalized spacial score (nSPS) is 17.3. The maximum absolute atomic E-state index is 11.3. The molecule has 2 heterocycles. The summed E-state index contributed by atoms with van der Waals surface area (Å²) < 4.78 is 1.98. The molecule has 1 aliphatic heterocycles. The van der Waals surface area contributed by atoms with Crippen LogP contribution in [0.3, 0.4) is 0 Å². The second-order valence-electron chi connectivity index (χ2n) is 7.11. The predicted molar refractivity (Wildman–Crippen MR) is 104 cm³/mol. The lowest BCUT2D eigenvalue weighted by Gasteiger charge is -2.14. The number of aliphatic carboxylic acids is 1. The number of hydrogen-bond acceptors (Lipinski definition) is 3. The molecule has 2 aromatic carbocycles. The van der Waals surface area contributed by atoms with Crippen molar-refractivity contribution in [3.63, 3.8) is 0 Å². The Bertz CT molecular complexity index is 906. The van der Waals surface area contributed by atoms with Crippen molar-refractivity contribution in [1.82, 2.24) is 14.7 Å². The quantitative estimate of drug-likeness (QED) is 0.730. The highest BCUT2D eigenvalue weighted by Crippen LogP contribution is 2.26. The van der Waals surface area contributed by atoms with Gasteiger partial charge in [0, 0.05) is 30.4 Å². The third-order valence-electron chi connectivity index (χ3n) is 5.09. The van der Waals surface area contributed by atoms with Crippen LogP contribution in [0.25, 0.3) is 11.3 Å². The molecule has 3 aromatic rings. The van der Waals surface area contributed by atoms with E-state index in [1.54, 1.807) is 0 Å². The van der Waals surface area contributed by atoms with Crippen LogP contribution in [-0.4, -0.2) is 38.8 Å². The summed E-state index contributed by atoms with van der Waals surface area (Å²) >= 11 is 0. The van der Waals surface area contributed by atoms with Gasteiger partial charge in [-0.25, -0.2) is 0 Å². The highest BCUT2D eigenvalue weighted by molar-refractivity contribution is 5.70. The summed E-state index contributed by atoms with van der Waals surface area (Å²) in [5, 5.41) is 14.1. The zero-order valence-corrected chi connectivity index (χ0v) is 15.2. The van der Waals surface area contributed by atoms with E-state index in [0.29, 0.717) is 13.0 Å². The third-order valence-corrected chi connectivity index (χ3v) is 5.09. The monoisotopic (exact) mass is 361 g/mol. The van der Waals surface area contributed by atoms with E-state index in [9.17, 15) is 9.90 Å². The molecule has 4 rings (SSSR count). The first-order chi connectivity index (χ1) is 13.2. The van der Waals surface area contributed by atoms with Gasteiger partial charge in [-0.1, -0.05) is 60.7 Å². The van der Waals surface area contributed by atoms with Gasteiger partial charge in [-0.2, -0.15) is 5.10 Å². The molecule has 1 unspecified atom stereocenters. The number of likely N-dealkylation sites (tertiary alicyclic amines) is 1. The lowest BCUT2D eigenvalue weighted by atomic mass is 10.1. The molecular weight excluding hydrogens is 338 g/mol. The molecule has 1 aromatic heterocycles. The van der Waals surface area contributed by atoms with E-state index in [0.717, 1.165) is 36.5 Å². The van der Waals surface area contributed by atoms with Gasteiger partial charge in [-0.15, -0.1) is 0 Å². The van der Waals surface area contributed by atoms with Crippen molar-refractivity contribution >= 4 is 5.97 Å². The first-order valence-electron chi connectivity index (χ1n) is 9.30. The summed E-state index contributed by atoms with van der Waals surface area (Å²) in [7, 11) is 0. The van der Waals surface area contributed by atoms with Gasteiger partial charge < -0.3 is 5.11 Å². The number of benzene rings is 2. The molecule has 27 heavy (non-hydrogen) atoms. The second-order valence-corrected chi connectivity index (χ2v) is 7.11. The summed E-state index contributed by atoms with van der Waals surface area (Å²) in [6.45, 7) is 2.86. The predicted octanol–water partition coefficient (Wildman–Crippen LogP) is 3.50. The minimum Gasteiger partial charge on any atom is -0.481 e. The zero-order chi connectivity index (χ0) is 18.6. The largest absolute Gasteiger partial charge is 0.481 e. The Morgan fingerprint density at radius 1 is 1.04 bits per heavy atom. The average molecular weight is 361 g/mol. The summed E-state index contributed by atoms with van der Waals surface area (Å²) in [5.41, 5.74) is 4.42. The molecule has 1 fully saturated rings. The van der Waals surface area contributed by atoms with E-state index >= 15 is 0 Å². The number of carbonyl (C=O) groups is 1. The maximum Gasteiger partial charge on any atom is 0.307 e. The Balaban J connectivity index is 1.60. The maximum atomic E-state index is 11.3. The molecule has 1 N–H and O–H groups in total. The summed E-state index contributed by atoms with van der Waals surface area (Å²) in [6, 6.07) is 20.5. The molecule has 1 aliphatic rings. The summed E-state index contributed by atoms with van der Waals surface area (Å²) in [5.74, 6) is -0.954. The fourth-order valence-corrected chi connectivity index (χ4v) is 3.69. The topological polar surface area (TPSA) is 58.4 Å². The van der Waals surface area contributed by atoms with Gasteiger partial charge >= 0.3 is 5.97 Å². The second kappa shape index (κ2) is 7.76. The van der Waals surface area contributed by atoms with Gasteiger partial charge in [-0.05, 0) is 18.5 Å². The van der Waals surface area contributed by atoms with Crippen LogP contribution < -0.4 is 0 Å². The molecular formula is C22H23N3O2. The van der Waals surface area contributed by atoms with Gasteiger partial charge in [0.05, 0.1) is 18.2 Å². The summed E-state index contributed by atoms with van der Waals surface area (Å²) in [4.78, 5) is 13.5. The van der Waals surface area contributed by atoms with E-state index in [1.807, 2.05) is 41.1 Å². The lowest BCUT2D eigenvalue weighted by molar-refractivity contribution is -0.141. The van der Waals surface area contributed by atoms with Gasteiger partial charge in [-0.3, -0.25) is 14.4 Å². The van der Waals surface area contributed by atoms with Crippen molar-refractivity contribution < 1.29 is 9.90 Å². The Morgan fingerprint density at radius 2 is 1.74 bits per heavy atom. The summed E-state index contributed by atoms with van der Waals surface area (Å²) in [6.07, 6.45) is 2.82. The van der Waals surface area contributed by atoms with Gasteiger partial charge in [0.15, 0.2) is 0 Å². The van der Waals surface area contributed by atoms with Crippen LogP contribution in [0.15, 0.2) is 66.9 Å². The molecule has 138 valence electrons. The smallest absolute Gasteiger partial charge is 0.307 e. The van der Waals surface area contributed by atoms with Crippen molar-refractivity contribution in [2.24, 2.45) is 5.92 Å².